The molecule has 0 saturated carbocycles. The molecule has 0 aliphatic rings. The third-order valence-corrected chi connectivity index (χ3v) is 2.90. The molecule has 0 fully saturated rings. The Kier molecular flexibility index (Phi) is 3.57. The van der Waals surface area contributed by atoms with Gasteiger partial charge in [-0.3, -0.25) is 4.98 Å². The summed E-state index contributed by atoms with van der Waals surface area (Å²) in [5, 5.41) is 3.35. The number of aromatic nitrogens is 1. The van der Waals surface area contributed by atoms with E-state index < -0.39 is 0 Å². The zero-order valence-corrected chi connectivity index (χ0v) is 10.7. The zero-order valence-electron chi connectivity index (χ0n) is 9.07. The molecule has 0 saturated heterocycles. The quantitative estimate of drug-likeness (QED) is 0.923. The molecule has 0 unspecified atom stereocenters. The lowest BCUT2D eigenvalue weighted by Gasteiger charge is -2.08. The van der Waals surface area contributed by atoms with Crippen LogP contribution >= 0.6 is 15.9 Å². The monoisotopic (exact) mass is 276 g/mol. The van der Waals surface area contributed by atoms with E-state index in [-0.39, 0.29) is 0 Å². The molecule has 0 radical (unpaired) electrons. The molecule has 0 atom stereocenters. The lowest BCUT2D eigenvalue weighted by Crippen LogP contribution is -2.03. The Bertz CT molecular complexity index is 483. The molecular weight excluding hydrogens is 264 g/mol. The maximum absolute atomic E-state index is 4.34. The van der Waals surface area contributed by atoms with Gasteiger partial charge in [-0.2, -0.15) is 0 Å². The molecule has 0 bridgehead atoms. The fourth-order valence-electron chi connectivity index (χ4n) is 1.49. The minimum absolute atomic E-state index is 0.753. The molecule has 0 aliphatic carbocycles. The van der Waals surface area contributed by atoms with Crippen molar-refractivity contribution in [3.63, 3.8) is 0 Å². The largest absolute Gasteiger partial charge is 0.379 e. The van der Waals surface area contributed by atoms with Crippen molar-refractivity contribution in [3.05, 3.63) is 58.3 Å². The topological polar surface area (TPSA) is 24.9 Å². The summed E-state index contributed by atoms with van der Waals surface area (Å²) in [6.45, 7) is 2.83. The highest BCUT2D eigenvalue weighted by molar-refractivity contribution is 9.10. The van der Waals surface area contributed by atoms with Crippen LogP contribution in [-0.4, -0.2) is 4.98 Å². The minimum Gasteiger partial charge on any atom is -0.379 e. The van der Waals surface area contributed by atoms with Crippen LogP contribution in [0.1, 0.15) is 11.3 Å². The molecule has 16 heavy (non-hydrogen) atoms. The van der Waals surface area contributed by atoms with Gasteiger partial charge < -0.3 is 5.32 Å². The van der Waals surface area contributed by atoms with Crippen LogP contribution in [0, 0.1) is 6.92 Å². The molecule has 82 valence electrons. The van der Waals surface area contributed by atoms with E-state index in [9.17, 15) is 0 Å². The van der Waals surface area contributed by atoms with Crippen LogP contribution in [-0.2, 0) is 6.54 Å². The standard InChI is InChI=1S/C13H13BrN2/c1-10-4-3-7-15-13(10)9-16-12-6-2-5-11(14)8-12/h2-8,16H,9H2,1H3. The van der Waals surface area contributed by atoms with Crippen LogP contribution in [0.25, 0.3) is 0 Å². The first-order valence-corrected chi connectivity index (χ1v) is 5.95. The number of nitrogens with one attached hydrogen (secondary N) is 1. The number of aryl methyl sites for hydroxylation is 1. The van der Waals surface area contributed by atoms with Gasteiger partial charge in [0.15, 0.2) is 0 Å². The molecule has 1 N–H and O–H groups in total. The number of rotatable bonds is 3. The fourth-order valence-corrected chi connectivity index (χ4v) is 1.89. The predicted octanol–water partition coefficient (Wildman–Crippen LogP) is 3.76. The number of halogens is 1. The Balaban J connectivity index is 2.05. The maximum atomic E-state index is 4.34. The van der Waals surface area contributed by atoms with Crippen LogP contribution in [0.3, 0.4) is 0 Å². The SMILES string of the molecule is Cc1cccnc1CNc1cccc(Br)c1. The fraction of sp³-hybridized carbons (Fsp3) is 0.154. The van der Waals surface area contributed by atoms with Gasteiger partial charge in [-0.15, -0.1) is 0 Å². The molecule has 1 aromatic heterocycles. The van der Waals surface area contributed by atoms with Crippen molar-refractivity contribution in [2.45, 2.75) is 13.5 Å². The maximum Gasteiger partial charge on any atom is 0.0623 e. The van der Waals surface area contributed by atoms with Crippen LogP contribution in [0.5, 0.6) is 0 Å². The Labute approximate surface area is 104 Å². The number of anilines is 1. The van der Waals surface area contributed by atoms with Gasteiger partial charge in [0.2, 0.25) is 0 Å². The number of nitrogens with zero attached hydrogens (tertiary/aromatic N) is 1. The van der Waals surface area contributed by atoms with Crippen LogP contribution in [0.4, 0.5) is 5.69 Å². The highest BCUT2D eigenvalue weighted by Gasteiger charge is 1.98. The average molecular weight is 277 g/mol. The van der Waals surface area contributed by atoms with Gasteiger partial charge in [0.05, 0.1) is 12.2 Å². The Morgan fingerprint density at radius 1 is 1.25 bits per heavy atom. The molecule has 2 aromatic rings. The van der Waals surface area contributed by atoms with Gasteiger partial charge in [-0.05, 0) is 36.8 Å². The molecule has 0 amide bonds. The van der Waals surface area contributed by atoms with Gasteiger partial charge in [0.25, 0.3) is 0 Å². The third-order valence-electron chi connectivity index (χ3n) is 2.40. The van der Waals surface area contributed by atoms with Crippen molar-refractivity contribution >= 4 is 21.6 Å². The highest BCUT2D eigenvalue weighted by Crippen LogP contribution is 2.16. The normalized spacial score (nSPS) is 10.1. The van der Waals surface area contributed by atoms with E-state index >= 15 is 0 Å². The van der Waals surface area contributed by atoms with Crippen molar-refractivity contribution in [2.24, 2.45) is 0 Å². The van der Waals surface area contributed by atoms with Gasteiger partial charge >= 0.3 is 0 Å². The predicted molar refractivity (Wildman–Crippen MR) is 70.4 cm³/mol. The lowest BCUT2D eigenvalue weighted by molar-refractivity contribution is 1.02. The summed E-state index contributed by atoms with van der Waals surface area (Å²) in [5.41, 5.74) is 3.40. The first-order valence-electron chi connectivity index (χ1n) is 5.15. The van der Waals surface area contributed by atoms with E-state index in [1.165, 1.54) is 5.56 Å². The van der Waals surface area contributed by atoms with Crippen molar-refractivity contribution in [1.29, 1.82) is 0 Å². The minimum atomic E-state index is 0.753. The summed E-state index contributed by atoms with van der Waals surface area (Å²) in [6, 6.07) is 12.2. The highest BCUT2D eigenvalue weighted by atomic mass is 79.9. The molecule has 2 rings (SSSR count). The van der Waals surface area contributed by atoms with E-state index in [1.54, 1.807) is 0 Å². The average Bonchev–Trinajstić information content (AvgIpc) is 2.28. The van der Waals surface area contributed by atoms with Gasteiger partial charge in [-0.25, -0.2) is 0 Å². The van der Waals surface area contributed by atoms with Gasteiger partial charge in [0, 0.05) is 16.4 Å². The first kappa shape index (κ1) is 11.1. The Hall–Kier alpha value is -1.35. The van der Waals surface area contributed by atoms with Crippen molar-refractivity contribution in [3.8, 4) is 0 Å². The van der Waals surface area contributed by atoms with Crippen LogP contribution in [0.15, 0.2) is 47.1 Å². The molecule has 0 aliphatic heterocycles. The van der Waals surface area contributed by atoms with Gasteiger partial charge in [-0.1, -0.05) is 28.1 Å². The molecule has 1 aromatic carbocycles. The number of pyridine rings is 1. The second-order valence-electron chi connectivity index (χ2n) is 3.63. The van der Waals surface area contributed by atoms with E-state index in [1.807, 2.05) is 30.5 Å². The summed E-state index contributed by atoms with van der Waals surface area (Å²) >= 11 is 3.45. The van der Waals surface area contributed by atoms with E-state index in [2.05, 4.69) is 45.3 Å². The summed E-state index contributed by atoms with van der Waals surface area (Å²) < 4.78 is 1.08. The smallest absolute Gasteiger partial charge is 0.0623 e. The second kappa shape index (κ2) is 5.12. The molecule has 0 spiro atoms. The zero-order chi connectivity index (χ0) is 11.4. The van der Waals surface area contributed by atoms with Crippen molar-refractivity contribution in [1.82, 2.24) is 4.98 Å². The Morgan fingerprint density at radius 3 is 2.88 bits per heavy atom. The lowest BCUT2D eigenvalue weighted by atomic mass is 10.2. The summed E-state index contributed by atoms with van der Waals surface area (Å²) in [7, 11) is 0. The van der Waals surface area contributed by atoms with Crippen molar-refractivity contribution in [2.75, 3.05) is 5.32 Å². The second-order valence-corrected chi connectivity index (χ2v) is 4.55. The number of hydrogen-bond acceptors (Lipinski definition) is 2. The van der Waals surface area contributed by atoms with Crippen LogP contribution in [0.2, 0.25) is 0 Å². The van der Waals surface area contributed by atoms with Crippen molar-refractivity contribution < 1.29 is 0 Å². The van der Waals surface area contributed by atoms with E-state index in [4.69, 9.17) is 0 Å². The molecule has 3 heteroatoms. The van der Waals surface area contributed by atoms with E-state index in [0.29, 0.717) is 0 Å². The molecule has 2 nitrogen and oxygen atoms in total. The first-order chi connectivity index (χ1) is 7.75. The van der Waals surface area contributed by atoms with Gasteiger partial charge in [0.1, 0.15) is 0 Å². The van der Waals surface area contributed by atoms with E-state index in [0.717, 1.165) is 22.4 Å². The number of benzene rings is 1. The van der Waals surface area contributed by atoms with Crippen LogP contribution < -0.4 is 5.32 Å². The summed E-state index contributed by atoms with van der Waals surface area (Å²) in [4.78, 5) is 4.34. The summed E-state index contributed by atoms with van der Waals surface area (Å²) in [6.07, 6.45) is 1.82. The third kappa shape index (κ3) is 2.83. The number of hydrogen-bond donors (Lipinski definition) is 1. The Morgan fingerprint density at radius 2 is 2.12 bits per heavy atom. The molecular formula is C13H13BrN2. The molecule has 1 heterocycles. The summed E-state index contributed by atoms with van der Waals surface area (Å²) in [5.74, 6) is 0.